The van der Waals surface area contributed by atoms with E-state index in [4.69, 9.17) is 5.11 Å². The summed E-state index contributed by atoms with van der Waals surface area (Å²) in [5, 5.41) is 8.82. The van der Waals surface area contributed by atoms with Gasteiger partial charge in [-0.15, -0.1) is 0 Å². The molecule has 0 bridgehead atoms. The van der Waals surface area contributed by atoms with Crippen LogP contribution in [-0.4, -0.2) is 48.3 Å². The number of alkyl halides is 3. The molecule has 1 atom stereocenters. The first kappa shape index (κ1) is 15.2. The van der Waals surface area contributed by atoms with Gasteiger partial charge in [0, 0.05) is 13.0 Å². The molecule has 1 saturated heterocycles. The maximum Gasteiger partial charge on any atom is 0.389 e. The Bertz CT molecular complexity index is 407. The van der Waals surface area contributed by atoms with E-state index in [0.29, 0.717) is 6.42 Å². The zero-order valence-corrected chi connectivity index (χ0v) is 10.3. The second-order valence-corrected chi connectivity index (χ2v) is 6.18. The smallest absolute Gasteiger partial charge is 0.389 e. The average molecular weight is 289 g/mol. The maximum atomic E-state index is 11.9. The summed E-state index contributed by atoms with van der Waals surface area (Å²) in [6.45, 7) is 0.0608. The van der Waals surface area contributed by atoms with Crippen molar-refractivity contribution in [2.75, 3.05) is 12.3 Å². The minimum Gasteiger partial charge on any atom is -0.480 e. The van der Waals surface area contributed by atoms with Crippen LogP contribution in [0.25, 0.3) is 0 Å². The van der Waals surface area contributed by atoms with Gasteiger partial charge in [0.2, 0.25) is 10.0 Å². The predicted octanol–water partition coefficient (Wildman–Crippen LogP) is 1.21. The summed E-state index contributed by atoms with van der Waals surface area (Å²) in [7, 11) is -3.92. The predicted molar refractivity (Wildman–Crippen MR) is 56.4 cm³/mol. The molecule has 0 spiro atoms. The van der Waals surface area contributed by atoms with Crippen molar-refractivity contribution < 1.29 is 31.5 Å². The van der Waals surface area contributed by atoms with E-state index in [-0.39, 0.29) is 13.0 Å². The van der Waals surface area contributed by atoms with Gasteiger partial charge in [0.1, 0.15) is 6.04 Å². The average Bonchev–Trinajstić information content (AvgIpc) is 2.63. The molecular formula is C9H14F3NO4S. The first-order valence-corrected chi connectivity index (χ1v) is 7.03. The number of sulfonamides is 1. The van der Waals surface area contributed by atoms with Crippen LogP contribution in [0.2, 0.25) is 0 Å². The molecule has 1 fully saturated rings. The van der Waals surface area contributed by atoms with Crippen LogP contribution in [0, 0.1) is 0 Å². The topological polar surface area (TPSA) is 74.7 Å². The van der Waals surface area contributed by atoms with E-state index in [2.05, 4.69) is 0 Å². The van der Waals surface area contributed by atoms with Crippen LogP contribution in [0.4, 0.5) is 13.2 Å². The molecule has 0 amide bonds. The number of rotatable bonds is 5. The van der Waals surface area contributed by atoms with Crippen LogP contribution in [0.3, 0.4) is 0 Å². The van der Waals surface area contributed by atoms with Crippen LogP contribution < -0.4 is 0 Å². The lowest BCUT2D eigenvalue weighted by molar-refractivity contribution is -0.140. The van der Waals surface area contributed by atoms with Gasteiger partial charge in [-0.25, -0.2) is 8.42 Å². The lowest BCUT2D eigenvalue weighted by Gasteiger charge is -2.20. The standard InChI is InChI=1S/C9H14F3NO4S/c10-9(11,12)4-2-6-18(16,17)13-5-1-3-7(13)8(14)15/h7H,1-6H2,(H,14,15). The van der Waals surface area contributed by atoms with E-state index in [1.807, 2.05) is 0 Å². The molecule has 1 rings (SSSR count). The number of carboxylic acids is 1. The monoisotopic (exact) mass is 289 g/mol. The van der Waals surface area contributed by atoms with E-state index in [0.717, 1.165) is 4.31 Å². The van der Waals surface area contributed by atoms with Crippen molar-refractivity contribution in [1.82, 2.24) is 4.31 Å². The molecule has 18 heavy (non-hydrogen) atoms. The quantitative estimate of drug-likeness (QED) is 0.825. The van der Waals surface area contributed by atoms with Gasteiger partial charge < -0.3 is 5.11 Å². The van der Waals surface area contributed by atoms with E-state index in [9.17, 15) is 26.4 Å². The number of aliphatic carboxylic acids is 1. The summed E-state index contributed by atoms with van der Waals surface area (Å²) in [4.78, 5) is 10.8. The number of nitrogens with zero attached hydrogens (tertiary/aromatic N) is 1. The Labute approximate surface area is 103 Å². The third-order valence-corrected chi connectivity index (χ3v) is 4.66. The summed E-state index contributed by atoms with van der Waals surface area (Å²) in [5.74, 6) is -1.93. The highest BCUT2D eigenvalue weighted by Gasteiger charge is 2.38. The minimum absolute atomic E-state index is 0.0608. The van der Waals surface area contributed by atoms with Crippen molar-refractivity contribution >= 4 is 16.0 Å². The van der Waals surface area contributed by atoms with Crippen LogP contribution >= 0.6 is 0 Å². The molecule has 1 aliphatic rings. The van der Waals surface area contributed by atoms with Gasteiger partial charge in [-0.3, -0.25) is 4.79 Å². The summed E-state index contributed by atoms with van der Waals surface area (Å²) >= 11 is 0. The van der Waals surface area contributed by atoms with E-state index in [1.165, 1.54) is 0 Å². The summed E-state index contributed by atoms with van der Waals surface area (Å²) in [5.41, 5.74) is 0. The fraction of sp³-hybridized carbons (Fsp3) is 0.889. The largest absolute Gasteiger partial charge is 0.480 e. The van der Waals surface area contributed by atoms with Gasteiger partial charge in [0.25, 0.3) is 0 Å². The van der Waals surface area contributed by atoms with Crippen LogP contribution in [0.15, 0.2) is 0 Å². The summed E-state index contributed by atoms with van der Waals surface area (Å²) in [6, 6.07) is -1.14. The van der Waals surface area contributed by atoms with Crippen LogP contribution in [-0.2, 0) is 14.8 Å². The third-order valence-electron chi connectivity index (χ3n) is 2.71. The molecule has 106 valence electrons. The van der Waals surface area contributed by atoms with E-state index < -0.39 is 46.8 Å². The highest BCUT2D eigenvalue weighted by molar-refractivity contribution is 7.89. The molecule has 9 heteroatoms. The molecular weight excluding hydrogens is 275 g/mol. The second-order valence-electron chi connectivity index (χ2n) is 4.14. The Hall–Kier alpha value is -0.830. The van der Waals surface area contributed by atoms with Crippen molar-refractivity contribution in [1.29, 1.82) is 0 Å². The van der Waals surface area contributed by atoms with Gasteiger partial charge in [-0.05, 0) is 19.3 Å². The van der Waals surface area contributed by atoms with Gasteiger partial charge >= 0.3 is 12.1 Å². The number of carboxylic acid groups (broad SMARTS) is 1. The highest BCUT2D eigenvalue weighted by Crippen LogP contribution is 2.25. The normalized spacial score (nSPS) is 22.3. The molecule has 5 nitrogen and oxygen atoms in total. The number of halogens is 3. The zero-order valence-electron chi connectivity index (χ0n) is 9.48. The molecule has 1 unspecified atom stereocenters. The lowest BCUT2D eigenvalue weighted by Crippen LogP contribution is -2.41. The Morgan fingerprint density at radius 1 is 1.39 bits per heavy atom. The second kappa shape index (κ2) is 5.43. The zero-order chi connectivity index (χ0) is 14.0. The maximum absolute atomic E-state index is 11.9. The Kier molecular flexibility index (Phi) is 4.60. The van der Waals surface area contributed by atoms with Gasteiger partial charge in [-0.1, -0.05) is 0 Å². The minimum atomic E-state index is -4.40. The van der Waals surface area contributed by atoms with Gasteiger partial charge in [-0.2, -0.15) is 17.5 Å². The van der Waals surface area contributed by atoms with Crippen molar-refractivity contribution in [2.45, 2.75) is 37.9 Å². The number of hydrogen-bond acceptors (Lipinski definition) is 3. The molecule has 0 saturated carbocycles. The van der Waals surface area contributed by atoms with Crippen molar-refractivity contribution in [3.8, 4) is 0 Å². The van der Waals surface area contributed by atoms with Crippen molar-refractivity contribution in [2.24, 2.45) is 0 Å². The first-order valence-electron chi connectivity index (χ1n) is 5.42. The Morgan fingerprint density at radius 3 is 2.50 bits per heavy atom. The van der Waals surface area contributed by atoms with Gasteiger partial charge in [0.05, 0.1) is 5.75 Å². The molecule has 1 N–H and O–H groups in total. The SMILES string of the molecule is O=C(O)C1CCCN1S(=O)(=O)CCCC(F)(F)F. The Morgan fingerprint density at radius 2 is 2.00 bits per heavy atom. The molecule has 0 aromatic heterocycles. The molecule has 1 aliphatic heterocycles. The van der Waals surface area contributed by atoms with Crippen LogP contribution in [0.5, 0.6) is 0 Å². The first-order chi connectivity index (χ1) is 8.13. The highest BCUT2D eigenvalue weighted by atomic mass is 32.2. The van der Waals surface area contributed by atoms with Gasteiger partial charge in [0.15, 0.2) is 0 Å². The van der Waals surface area contributed by atoms with Crippen LogP contribution in [0.1, 0.15) is 25.7 Å². The lowest BCUT2D eigenvalue weighted by atomic mass is 10.2. The summed E-state index contributed by atoms with van der Waals surface area (Å²) < 4.78 is 60.0. The number of carbonyl (C=O) groups is 1. The van der Waals surface area contributed by atoms with E-state index >= 15 is 0 Å². The fourth-order valence-corrected chi connectivity index (χ4v) is 3.63. The Balaban J connectivity index is 2.61. The molecule has 1 heterocycles. The summed E-state index contributed by atoms with van der Waals surface area (Å²) in [6.07, 6.45) is -5.51. The molecule has 0 aromatic rings. The number of hydrogen-bond donors (Lipinski definition) is 1. The fourth-order valence-electron chi connectivity index (χ4n) is 1.89. The molecule has 0 aliphatic carbocycles. The van der Waals surface area contributed by atoms with E-state index in [1.54, 1.807) is 0 Å². The molecule has 0 radical (unpaired) electrons. The van der Waals surface area contributed by atoms with Crippen molar-refractivity contribution in [3.05, 3.63) is 0 Å². The third kappa shape index (κ3) is 4.13. The molecule has 0 aromatic carbocycles. The van der Waals surface area contributed by atoms with Crippen molar-refractivity contribution in [3.63, 3.8) is 0 Å².